The monoisotopic (exact) mass is 343 g/mol. The predicted octanol–water partition coefficient (Wildman–Crippen LogP) is 3.28. The van der Waals surface area contributed by atoms with Crippen molar-refractivity contribution in [2.75, 3.05) is 13.2 Å². The van der Waals surface area contributed by atoms with Gasteiger partial charge in [-0.3, -0.25) is 0 Å². The van der Waals surface area contributed by atoms with E-state index in [2.05, 4.69) is 42.0 Å². The van der Waals surface area contributed by atoms with Gasteiger partial charge in [-0.05, 0) is 49.7 Å². The van der Waals surface area contributed by atoms with Crippen molar-refractivity contribution in [3.8, 4) is 5.75 Å². The van der Waals surface area contributed by atoms with E-state index >= 15 is 0 Å². The van der Waals surface area contributed by atoms with E-state index < -0.39 is 0 Å². The quantitative estimate of drug-likeness (QED) is 0.805. The molecule has 4 nitrogen and oxygen atoms in total. The molecule has 1 aromatic carbocycles. The van der Waals surface area contributed by atoms with E-state index in [0.29, 0.717) is 18.9 Å². The molecule has 0 saturated carbocycles. The highest BCUT2D eigenvalue weighted by atomic mass is 79.9. The molecule has 0 aliphatic heterocycles. The maximum atomic E-state index is 11.4. The Morgan fingerprint density at radius 2 is 2.05 bits per heavy atom. The fraction of sp³-hybridized carbons (Fsp3) is 0.533. The van der Waals surface area contributed by atoms with E-state index in [1.165, 1.54) is 0 Å². The van der Waals surface area contributed by atoms with Crippen LogP contribution >= 0.6 is 15.9 Å². The second kappa shape index (κ2) is 7.64. The van der Waals surface area contributed by atoms with Gasteiger partial charge in [0.2, 0.25) is 0 Å². The van der Waals surface area contributed by atoms with E-state index in [1.807, 2.05) is 18.2 Å². The van der Waals surface area contributed by atoms with Gasteiger partial charge in [0.05, 0.1) is 11.1 Å². The zero-order valence-electron chi connectivity index (χ0n) is 12.5. The van der Waals surface area contributed by atoms with E-state index in [-0.39, 0.29) is 18.1 Å². The molecule has 0 unspecified atom stereocenters. The number of halogens is 1. The van der Waals surface area contributed by atoms with Crippen LogP contribution in [0.25, 0.3) is 0 Å². The number of esters is 1. The van der Waals surface area contributed by atoms with Crippen molar-refractivity contribution in [3.05, 3.63) is 28.2 Å². The van der Waals surface area contributed by atoms with Crippen LogP contribution in [0.3, 0.4) is 0 Å². The third kappa shape index (κ3) is 5.92. The van der Waals surface area contributed by atoms with Gasteiger partial charge >= 0.3 is 5.97 Å². The number of hydrogen-bond donors (Lipinski definition) is 1. The number of carbonyl (C=O) groups is 1. The Kier molecular flexibility index (Phi) is 6.49. The van der Waals surface area contributed by atoms with Gasteiger partial charge in [-0.15, -0.1) is 0 Å². The number of ether oxygens (including phenoxy) is 2. The molecule has 0 aliphatic carbocycles. The second-order valence-electron chi connectivity index (χ2n) is 5.43. The molecule has 0 radical (unpaired) electrons. The summed E-state index contributed by atoms with van der Waals surface area (Å²) in [4.78, 5) is 11.4. The van der Waals surface area contributed by atoms with Crippen molar-refractivity contribution < 1.29 is 14.3 Å². The van der Waals surface area contributed by atoms with Gasteiger partial charge in [0.25, 0.3) is 0 Å². The Bertz CT molecular complexity index is 455. The number of para-hydroxylation sites is 1. The van der Waals surface area contributed by atoms with Crippen LogP contribution < -0.4 is 10.1 Å². The Hall–Kier alpha value is -1.07. The second-order valence-corrected chi connectivity index (χ2v) is 6.28. The van der Waals surface area contributed by atoms with Gasteiger partial charge in [0.15, 0.2) is 6.61 Å². The summed E-state index contributed by atoms with van der Waals surface area (Å²) in [5.41, 5.74) is 1.01. The highest BCUT2D eigenvalue weighted by Gasteiger charge is 2.14. The van der Waals surface area contributed by atoms with Crippen LogP contribution in [0.5, 0.6) is 5.75 Å². The Morgan fingerprint density at radius 1 is 1.35 bits per heavy atom. The SMILES string of the molecule is CCOC(=O)COc1c(Br)cccc1CNC(C)(C)C. The van der Waals surface area contributed by atoms with Crippen molar-refractivity contribution in [1.82, 2.24) is 5.32 Å². The minimum atomic E-state index is -0.363. The molecular weight excluding hydrogens is 322 g/mol. The summed E-state index contributed by atoms with van der Waals surface area (Å²) in [6, 6.07) is 5.81. The molecule has 0 saturated heterocycles. The van der Waals surface area contributed by atoms with Crippen LogP contribution in [0.2, 0.25) is 0 Å². The molecule has 1 aromatic rings. The molecule has 112 valence electrons. The van der Waals surface area contributed by atoms with E-state index in [0.717, 1.165) is 10.0 Å². The molecule has 1 rings (SSSR count). The van der Waals surface area contributed by atoms with Gasteiger partial charge in [-0.1, -0.05) is 12.1 Å². The molecule has 0 spiro atoms. The molecule has 0 aromatic heterocycles. The summed E-state index contributed by atoms with van der Waals surface area (Å²) in [5.74, 6) is 0.315. The lowest BCUT2D eigenvalue weighted by atomic mass is 10.1. The lowest BCUT2D eigenvalue weighted by Gasteiger charge is -2.22. The minimum Gasteiger partial charge on any atom is -0.480 e. The number of nitrogens with one attached hydrogen (secondary N) is 1. The molecule has 20 heavy (non-hydrogen) atoms. The third-order valence-electron chi connectivity index (χ3n) is 2.50. The van der Waals surface area contributed by atoms with Gasteiger partial charge in [0, 0.05) is 17.6 Å². The molecule has 0 heterocycles. The first kappa shape index (κ1) is 17.0. The summed E-state index contributed by atoms with van der Waals surface area (Å²) < 4.78 is 11.3. The van der Waals surface area contributed by atoms with Crippen molar-refractivity contribution in [3.63, 3.8) is 0 Å². The van der Waals surface area contributed by atoms with Crippen LogP contribution in [0, 0.1) is 0 Å². The maximum absolute atomic E-state index is 11.4. The molecular formula is C15H22BrNO3. The number of benzene rings is 1. The normalized spacial score (nSPS) is 11.2. The zero-order chi connectivity index (χ0) is 15.2. The minimum absolute atomic E-state index is 0.0146. The van der Waals surface area contributed by atoms with Gasteiger partial charge in [0.1, 0.15) is 5.75 Å². The van der Waals surface area contributed by atoms with E-state index in [1.54, 1.807) is 6.92 Å². The van der Waals surface area contributed by atoms with E-state index in [9.17, 15) is 4.79 Å². The Morgan fingerprint density at radius 3 is 2.65 bits per heavy atom. The van der Waals surface area contributed by atoms with Crippen molar-refractivity contribution in [2.24, 2.45) is 0 Å². The number of hydrogen-bond acceptors (Lipinski definition) is 4. The predicted molar refractivity (Wildman–Crippen MR) is 82.9 cm³/mol. The third-order valence-corrected chi connectivity index (χ3v) is 3.12. The lowest BCUT2D eigenvalue weighted by Crippen LogP contribution is -2.35. The first-order chi connectivity index (χ1) is 9.33. The van der Waals surface area contributed by atoms with Gasteiger partial charge in [-0.25, -0.2) is 4.79 Å². The molecule has 0 bridgehead atoms. The summed E-state index contributed by atoms with van der Waals surface area (Å²) in [6.45, 7) is 9.02. The molecule has 0 atom stereocenters. The highest BCUT2D eigenvalue weighted by molar-refractivity contribution is 9.10. The van der Waals surface area contributed by atoms with Crippen LogP contribution in [0.15, 0.2) is 22.7 Å². The largest absolute Gasteiger partial charge is 0.480 e. The molecule has 5 heteroatoms. The first-order valence-corrected chi connectivity index (χ1v) is 7.43. The van der Waals surface area contributed by atoms with Crippen LogP contribution in [-0.4, -0.2) is 24.7 Å². The zero-order valence-corrected chi connectivity index (χ0v) is 14.0. The molecule has 0 amide bonds. The fourth-order valence-corrected chi connectivity index (χ4v) is 2.07. The molecule has 0 fully saturated rings. The maximum Gasteiger partial charge on any atom is 0.344 e. The highest BCUT2D eigenvalue weighted by Crippen LogP contribution is 2.29. The average Bonchev–Trinajstić information content (AvgIpc) is 2.34. The average molecular weight is 344 g/mol. The summed E-state index contributed by atoms with van der Waals surface area (Å²) in [5, 5.41) is 3.40. The number of rotatable bonds is 6. The van der Waals surface area contributed by atoms with Gasteiger partial charge in [-0.2, -0.15) is 0 Å². The van der Waals surface area contributed by atoms with Gasteiger partial charge < -0.3 is 14.8 Å². The molecule has 1 N–H and O–H groups in total. The Balaban J connectivity index is 2.75. The standard InChI is InChI=1S/C15H22BrNO3/c1-5-19-13(18)10-20-14-11(7-6-8-12(14)16)9-17-15(2,3)4/h6-8,17H,5,9-10H2,1-4H3. The lowest BCUT2D eigenvalue weighted by molar-refractivity contribution is -0.145. The topological polar surface area (TPSA) is 47.6 Å². The van der Waals surface area contributed by atoms with Crippen LogP contribution in [-0.2, 0) is 16.1 Å². The van der Waals surface area contributed by atoms with E-state index in [4.69, 9.17) is 9.47 Å². The first-order valence-electron chi connectivity index (χ1n) is 6.64. The van der Waals surface area contributed by atoms with Crippen LogP contribution in [0.4, 0.5) is 0 Å². The van der Waals surface area contributed by atoms with Crippen molar-refractivity contribution >= 4 is 21.9 Å². The summed E-state index contributed by atoms with van der Waals surface area (Å²) >= 11 is 3.45. The van der Waals surface area contributed by atoms with Crippen LogP contribution in [0.1, 0.15) is 33.3 Å². The van der Waals surface area contributed by atoms with Crippen molar-refractivity contribution in [1.29, 1.82) is 0 Å². The Labute approximate surface area is 129 Å². The number of carbonyl (C=O) groups excluding carboxylic acids is 1. The van der Waals surface area contributed by atoms with Crippen molar-refractivity contribution in [2.45, 2.75) is 39.8 Å². The molecule has 0 aliphatic rings. The summed E-state index contributed by atoms with van der Waals surface area (Å²) in [7, 11) is 0. The fourth-order valence-electron chi connectivity index (χ4n) is 1.55. The summed E-state index contributed by atoms with van der Waals surface area (Å²) in [6.07, 6.45) is 0. The smallest absolute Gasteiger partial charge is 0.344 e.